The third-order valence-electron chi connectivity index (χ3n) is 6.10. The zero-order valence-electron chi connectivity index (χ0n) is 19.4. The van der Waals surface area contributed by atoms with Gasteiger partial charge in [-0.3, -0.25) is 19.7 Å². The van der Waals surface area contributed by atoms with Crippen LogP contribution in [0.2, 0.25) is 0 Å². The van der Waals surface area contributed by atoms with Crippen LogP contribution in [0.3, 0.4) is 0 Å². The fourth-order valence-corrected chi connectivity index (χ4v) is 4.93. The van der Waals surface area contributed by atoms with Crippen molar-refractivity contribution < 1.29 is 19.1 Å². The first-order valence-corrected chi connectivity index (χ1v) is 12.5. The van der Waals surface area contributed by atoms with Gasteiger partial charge in [-0.1, -0.05) is 66.7 Å². The summed E-state index contributed by atoms with van der Waals surface area (Å²) in [6.45, 7) is 1.08. The Hall–Kier alpha value is -3.72. The van der Waals surface area contributed by atoms with Crippen LogP contribution in [0.1, 0.15) is 17.5 Å². The summed E-state index contributed by atoms with van der Waals surface area (Å²) in [5.74, 6) is -0.511. The normalized spacial score (nSPS) is 20.5. The van der Waals surface area contributed by atoms with Crippen LogP contribution in [0, 0.1) is 0 Å². The van der Waals surface area contributed by atoms with E-state index in [4.69, 9.17) is 4.74 Å². The summed E-state index contributed by atoms with van der Waals surface area (Å²) in [6, 6.07) is 25.2. The first-order valence-electron chi connectivity index (χ1n) is 11.7. The fraction of sp³-hybridized carbons (Fsp3) is 0.179. The van der Waals surface area contributed by atoms with E-state index in [1.807, 2.05) is 30.3 Å². The van der Waals surface area contributed by atoms with Gasteiger partial charge in [0, 0.05) is 12.2 Å². The lowest BCUT2D eigenvalue weighted by molar-refractivity contribution is -0.118. The third-order valence-corrected chi connectivity index (χ3v) is 6.91. The number of amides is 3. The van der Waals surface area contributed by atoms with Gasteiger partial charge in [-0.2, -0.15) is 0 Å². The Balaban J connectivity index is 1.14. The van der Waals surface area contributed by atoms with Crippen LogP contribution in [-0.2, 0) is 20.9 Å². The highest BCUT2D eigenvalue weighted by Gasteiger charge is 2.30. The van der Waals surface area contributed by atoms with Crippen molar-refractivity contribution in [3.05, 3.63) is 94.9 Å². The lowest BCUT2D eigenvalue weighted by Gasteiger charge is -2.14. The highest BCUT2D eigenvalue weighted by Crippen LogP contribution is 2.27. The molecule has 182 valence electrons. The number of carbonyl (C=O) groups is 3. The molecular weight excluding hydrogens is 474 g/mol. The van der Waals surface area contributed by atoms with Crippen molar-refractivity contribution in [3.63, 3.8) is 0 Å². The number of carbonyl (C=O) groups excluding carboxylic acids is 3. The number of hydrogen-bond acceptors (Lipinski definition) is 6. The molecule has 0 aromatic heterocycles. The molecule has 0 radical (unpaired) electrons. The Morgan fingerprint density at radius 3 is 2.50 bits per heavy atom. The van der Waals surface area contributed by atoms with E-state index >= 15 is 0 Å². The van der Waals surface area contributed by atoms with Crippen molar-refractivity contribution in [2.24, 2.45) is 0 Å². The molecule has 0 saturated carbocycles. The van der Waals surface area contributed by atoms with Gasteiger partial charge >= 0.3 is 0 Å². The molecule has 2 fully saturated rings. The average molecular weight is 500 g/mol. The van der Waals surface area contributed by atoms with Gasteiger partial charge in [0.15, 0.2) is 0 Å². The molecule has 5 rings (SSSR count). The van der Waals surface area contributed by atoms with E-state index in [2.05, 4.69) is 40.2 Å². The van der Waals surface area contributed by atoms with Gasteiger partial charge in [-0.15, -0.1) is 0 Å². The zero-order valence-corrected chi connectivity index (χ0v) is 20.2. The Kier molecular flexibility index (Phi) is 7.27. The first-order chi connectivity index (χ1) is 17.5. The molecule has 0 spiro atoms. The van der Waals surface area contributed by atoms with E-state index in [1.165, 1.54) is 0 Å². The predicted molar refractivity (Wildman–Crippen MR) is 141 cm³/mol. The van der Waals surface area contributed by atoms with Crippen molar-refractivity contribution >= 4 is 40.6 Å². The van der Waals surface area contributed by atoms with Crippen LogP contribution < -0.4 is 16.0 Å². The van der Waals surface area contributed by atoms with Crippen molar-refractivity contribution in [1.82, 2.24) is 10.6 Å². The minimum Gasteiger partial charge on any atom is -0.372 e. The summed E-state index contributed by atoms with van der Waals surface area (Å²) in [5.41, 5.74) is 4.84. The first kappa shape index (κ1) is 24.0. The van der Waals surface area contributed by atoms with Gasteiger partial charge in [-0.05, 0) is 58.6 Å². The maximum absolute atomic E-state index is 12.8. The molecule has 8 heteroatoms. The van der Waals surface area contributed by atoms with Crippen LogP contribution in [0.5, 0.6) is 0 Å². The van der Waals surface area contributed by atoms with Crippen LogP contribution in [0.15, 0.2) is 83.8 Å². The molecule has 3 N–H and O–H groups in total. The monoisotopic (exact) mass is 499 g/mol. The van der Waals surface area contributed by atoms with Crippen molar-refractivity contribution in [2.75, 3.05) is 11.9 Å². The zero-order chi connectivity index (χ0) is 24.9. The molecule has 36 heavy (non-hydrogen) atoms. The predicted octanol–water partition coefficient (Wildman–Crippen LogP) is 4.56. The highest BCUT2D eigenvalue weighted by atomic mass is 32.2. The van der Waals surface area contributed by atoms with Gasteiger partial charge in [-0.25, -0.2) is 0 Å². The van der Waals surface area contributed by atoms with Crippen LogP contribution in [-0.4, -0.2) is 35.7 Å². The van der Waals surface area contributed by atoms with E-state index in [-0.39, 0.29) is 23.3 Å². The van der Waals surface area contributed by atoms with Crippen molar-refractivity contribution in [1.29, 1.82) is 0 Å². The smallest absolute Gasteiger partial charge is 0.290 e. The van der Waals surface area contributed by atoms with Crippen molar-refractivity contribution in [2.45, 2.75) is 25.2 Å². The lowest BCUT2D eigenvalue weighted by Crippen LogP contribution is -2.35. The third kappa shape index (κ3) is 5.73. The van der Waals surface area contributed by atoms with E-state index in [1.54, 1.807) is 30.3 Å². The summed E-state index contributed by atoms with van der Waals surface area (Å²) in [6.07, 6.45) is 2.17. The molecule has 0 aliphatic carbocycles. The Morgan fingerprint density at radius 1 is 1.00 bits per heavy atom. The van der Waals surface area contributed by atoms with Gasteiger partial charge in [0.1, 0.15) is 0 Å². The minimum absolute atomic E-state index is 0.0589. The molecule has 3 amide bonds. The van der Waals surface area contributed by atoms with E-state index in [0.29, 0.717) is 30.2 Å². The molecule has 2 aliphatic rings. The number of hydrogen-bond donors (Lipinski definition) is 3. The molecule has 2 aliphatic heterocycles. The SMILES string of the molecule is O=C1NC(=O)C(=Cc2ccc(NC(=O)[C@@H]3C[C@@H](OCc4ccccc4-c4ccccc4)CN3)cc2)S1. The van der Waals surface area contributed by atoms with Gasteiger partial charge in [0.05, 0.1) is 23.7 Å². The summed E-state index contributed by atoms with van der Waals surface area (Å²) < 4.78 is 6.17. The highest BCUT2D eigenvalue weighted by molar-refractivity contribution is 8.18. The quantitative estimate of drug-likeness (QED) is 0.413. The lowest BCUT2D eigenvalue weighted by atomic mass is 10.0. The Bertz CT molecular complexity index is 1310. The average Bonchev–Trinajstić information content (AvgIpc) is 3.50. The number of benzene rings is 3. The van der Waals surface area contributed by atoms with Crippen LogP contribution in [0.25, 0.3) is 17.2 Å². The van der Waals surface area contributed by atoms with E-state index in [0.717, 1.165) is 34.0 Å². The summed E-state index contributed by atoms with van der Waals surface area (Å²) >= 11 is 0.874. The number of rotatable bonds is 7. The van der Waals surface area contributed by atoms with Crippen LogP contribution in [0.4, 0.5) is 10.5 Å². The second kappa shape index (κ2) is 10.9. The van der Waals surface area contributed by atoms with Crippen molar-refractivity contribution in [3.8, 4) is 11.1 Å². The standard InChI is InChI=1S/C28H25N3O4S/c32-26(30-21-12-10-18(11-13-21)14-25-27(33)31-28(34)36-25)24-15-22(16-29-24)35-17-20-8-4-5-9-23(20)19-6-2-1-3-7-19/h1-14,22,24,29H,15-17H2,(H,30,32)(H,31,33,34)/t22-,24+/m1/s1. The molecule has 0 unspecified atom stereocenters. The Labute approximate surface area is 213 Å². The molecule has 2 atom stereocenters. The number of nitrogens with one attached hydrogen (secondary N) is 3. The van der Waals surface area contributed by atoms with E-state index in [9.17, 15) is 14.4 Å². The molecule has 0 bridgehead atoms. The number of anilines is 1. The maximum atomic E-state index is 12.8. The Morgan fingerprint density at radius 2 is 1.75 bits per heavy atom. The summed E-state index contributed by atoms with van der Waals surface area (Å²) in [7, 11) is 0. The molecule has 7 nitrogen and oxygen atoms in total. The molecule has 3 aromatic rings. The summed E-state index contributed by atoms with van der Waals surface area (Å²) in [5, 5.41) is 8.04. The number of imide groups is 1. The molecule has 3 aromatic carbocycles. The van der Waals surface area contributed by atoms with E-state index < -0.39 is 5.91 Å². The number of thioether (sulfide) groups is 1. The molecule has 2 heterocycles. The van der Waals surface area contributed by atoms with Gasteiger partial charge in [0.2, 0.25) is 5.91 Å². The largest absolute Gasteiger partial charge is 0.372 e. The number of ether oxygens (including phenoxy) is 1. The minimum atomic E-state index is -0.394. The van der Waals surface area contributed by atoms with Gasteiger partial charge < -0.3 is 15.4 Å². The topological polar surface area (TPSA) is 96.5 Å². The second-order valence-electron chi connectivity index (χ2n) is 8.62. The van der Waals surface area contributed by atoms with Crippen LogP contribution >= 0.6 is 11.8 Å². The molecule has 2 saturated heterocycles. The molecular formula is C28H25N3O4S. The maximum Gasteiger partial charge on any atom is 0.290 e. The van der Waals surface area contributed by atoms with Gasteiger partial charge in [0.25, 0.3) is 11.1 Å². The second-order valence-corrected chi connectivity index (χ2v) is 9.63. The fourth-order valence-electron chi connectivity index (χ4n) is 4.25. The summed E-state index contributed by atoms with van der Waals surface area (Å²) in [4.78, 5) is 36.1.